The average Bonchev–Trinajstić information content (AvgIpc) is 2.52. The minimum atomic E-state index is -0.402. The highest BCUT2D eigenvalue weighted by molar-refractivity contribution is 6.28. The number of rotatable bonds is 1. The van der Waals surface area contributed by atoms with Crippen LogP contribution in [0.5, 0.6) is 0 Å². The van der Waals surface area contributed by atoms with Crippen LogP contribution in [-0.2, 0) is 0 Å². The summed E-state index contributed by atoms with van der Waals surface area (Å²) in [5.74, 6) is -0.769. The zero-order chi connectivity index (χ0) is 16.1. The normalized spacial score (nSPS) is 13.3. The Morgan fingerprint density at radius 1 is 0.870 bits per heavy atom. The van der Waals surface area contributed by atoms with Gasteiger partial charge in [-0.3, -0.25) is 14.9 Å². The van der Waals surface area contributed by atoms with Gasteiger partial charge in [0.05, 0.1) is 11.1 Å². The number of aryl methyl sites for hydroxylation is 1. The lowest BCUT2D eigenvalue weighted by molar-refractivity contribution is 0.0845. The molecule has 1 aliphatic rings. The second-order valence-corrected chi connectivity index (χ2v) is 5.80. The molecule has 0 saturated heterocycles. The highest BCUT2D eigenvalue weighted by atomic mass is 16.2. The molecule has 3 N–H and O–H groups in total. The number of benzene rings is 3. The molecular weight excluding hydrogens is 288 g/mol. The predicted molar refractivity (Wildman–Crippen MR) is 90.3 cm³/mol. The molecule has 3 aromatic rings. The summed E-state index contributed by atoms with van der Waals surface area (Å²) in [5, 5.41) is 3.88. The van der Waals surface area contributed by atoms with E-state index < -0.39 is 5.91 Å². The molecule has 4 nitrogen and oxygen atoms in total. The van der Waals surface area contributed by atoms with Crippen LogP contribution in [0.1, 0.15) is 26.3 Å². The van der Waals surface area contributed by atoms with Crippen LogP contribution in [0.3, 0.4) is 0 Å². The van der Waals surface area contributed by atoms with Crippen molar-refractivity contribution in [1.82, 2.24) is 5.32 Å². The van der Waals surface area contributed by atoms with Gasteiger partial charge in [-0.15, -0.1) is 0 Å². The molecule has 0 aliphatic carbocycles. The van der Waals surface area contributed by atoms with E-state index in [9.17, 15) is 9.59 Å². The molecule has 0 bridgehead atoms. The molecule has 0 fully saturated rings. The third-order valence-electron chi connectivity index (χ3n) is 4.20. The summed E-state index contributed by atoms with van der Waals surface area (Å²) in [6.45, 7) is 2.01. The van der Waals surface area contributed by atoms with Gasteiger partial charge in [-0.1, -0.05) is 42.0 Å². The number of imide groups is 1. The van der Waals surface area contributed by atoms with E-state index in [0.717, 1.165) is 22.1 Å². The van der Waals surface area contributed by atoms with Gasteiger partial charge >= 0.3 is 0 Å². The summed E-state index contributed by atoms with van der Waals surface area (Å²) in [6, 6.07) is 15.2. The lowest BCUT2D eigenvalue weighted by Gasteiger charge is -2.20. The highest BCUT2D eigenvalue weighted by Gasteiger charge is 2.28. The molecule has 1 heterocycles. The Morgan fingerprint density at radius 2 is 1.61 bits per heavy atom. The molecule has 4 heteroatoms. The Hall–Kier alpha value is -3.14. The quantitative estimate of drug-likeness (QED) is 0.535. The molecule has 0 radical (unpaired) electrons. The predicted octanol–water partition coefficient (Wildman–Crippen LogP) is 3.28. The van der Waals surface area contributed by atoms with Crippen molar-refractivity contribution in [3.63, 3.8) is 0 Å². The number of nitrogens with two attached hydrogens (primary N) is 1. The first-order chi connectivity index (χ1) is 11.0. The van der Waals surface area contributed by atoms with Gasteiger partial charge in [-0.25, -0.2) is 0 Å². The summed E-state index contributed by atoms with van der Waals surface area (Å²) >= 11 is 0. The monoisotopic (exact) mass is 302 g/mol. The summed E-state index contributed by atoms with van der Waals surface area (Å²) in [7, 11) is 0. The van der Waals surface area contributed by atoms with Crippen LogP contribution in [0.4, 0.5) is 5.69 Å². The number of hydrogen-bond donors (Lipinski definition) is 2. The maximum Gasteiger partial charge on any atom is 0.259 e. The minimum Gasteiger partial charge on any atom is -0.399 e. The van der Waals surface area contributed by atoms with Gasteiger partial charge < -0.3 is 5.73 Å². The smallest absolute Gasteiger partial charge is 0.259 e. The third-order valence-corrected chi connectivity index (χ3v) is 4.20. The van der Waals surface area contributed by atoms with Crippen LogP contribution in [0.15, 0.2) is 48.5 Å². The molecule has 2 amide bonds. The van der Waals surface area contributed by atoms with E-state index in [1.165, 1.54) is 0 Å². The maximum atomic E-state index is 12.5. The van der Waals surface area contributed by atoms with Gasteiger partial charge in [0.1, 0.15) is 0 Å². The van der Waals surface area contributed by atoms with Crippen molar-refractivity contribution in [2.45, 2.75) is 6.92 Å². The number of nitrogens with one attached hydrogen (secondary N) is 1. The number of anilines is 1. The highest BCUT2D eigenvalue weighted by Crippen LogP contribution is 2.35. The minimum absolute atomic E-state index is 0.367. The molecule has 23 heavy (non-hydrogen) atoms. The lowest BCUT2D eigenvalue weighted by atomic mass is 9.88. The molecule has 0 spiro atoms. The van der Waals surface area contributed by atoms with Gasteiger partial charge in [-0.05, 0) is 35.6 Å². The van der Waals surface area contributed by atoms with E-state index in [4.69, 9.17) is 5.73 Å². The zero-order valence-corrected chi connectivity index (χ0v) is 12.5. The van der Waals surface area contributed by atoms with Crippen molar-refractivity contribution in [3.8, 4) is 11.1 Å². The molecule has 0 aromatic heterocycles. The van der Waals surface area contributed by atoms with Crippen LogP contribution < -0.4 is 11.1 Å². The number of carbonyl (C=O) groups excluding carboxylic acids is 2. The summed E-state index contributed by atoms with van der Waals surface area (Å²) in [5.41, 5.74) is 10.3. The third kappa shape index (κ3) is 1.99. The van der Waals surface area contributed by atoms with Crippen molar-refractivity contribution in [3.05, 3.63) is 65.2 Å². The standard InChI is InChI=1S/C19H14N2O2/c1-10-2-4-11(5-3-10)14-7-6-12-8-13(20)9-15-16(12)17(14)19(23)21-18(15)22/h2-9H,20H2,1H3,(H,21,22,23). The van der Waals surface area contributed by atoms with E-state index in [1.807, 2.05) is 43.3 Å². The van der Waals surface area contributed by atoms with E-state index in [2.05, 4.69) is 5.32 Å². The largest absolute Gasteiger partial charge is 0.399 e. The molecule has 112 valence electrons. The molecule has 0 unspecified atom stereocenters. The second kappa shape index (κ2) is 4.68. The van der Waals surface area contributed by atoms with Crippen LogP contribution in [0, 0.1) is 6.92 Å². The van der Waals surface area contributed by atoms with Gasteiger partial charge in [0.15, 0.2) is 0 Å². The van der Waals surface area contributed by atoms with Crippen molar-refractivity contribution in [2.75, 3.05) is 5.73 Å². The van der Waals surface area contributed by atoms with Gasteiger partial charge in [0, 0.05) is 11.1 Å². The fraction of sp³-hybridized carbons (Fsp3) is 0.0526. The Bertz CT molecular complexity index is 988. The van der Waals surface area contributed by atoms with Gasteiger partial charge in [-0.2, -0.15) is 0 Å². The number of carbonyl (C=O) groups is 2. The Kier molecular flexibility index (Phi) is 2.75. The maximum absolute atomic E-state index is 12.5. The molecule has 0 saturated carbocycles. The number of nitrogen functional groups attached to an aromatic ring is 1. The SMILES string of the molecule is Cc1ccc(-c2ccc3cc(N)cc4c3c2C(=O)NC4=O)cc1. The van der Waals surface area contributed by atoms with Crippen molar-refractivity contribution in [2.24, 2.45) is 0 Å². The first-order valence-electron chi connectivity index (χ1n) is 7.33. The summed E-state index contributed by atoms with van der Waals surface area (Å²) < 4.78 is 0. The van der Waals surface area contributed by atoms with E-state index in [-0.39, 0.29) is 5.91 Å². The van der Waals surface area contributed by atoms with Gasteiger partial charge in [0.2, 0.25) is 0 Å². The number of amides is 2. The van der Waals surface area contributed by atoms with Crippen LogP contribution in [0.25, 0.3) is 21.9 Å². The Balaban J connectivity index is 2.11. The zero-order valence-electron chi connectivity index (χ0n) is 12.5. The fourth-order valence-corrected chi connectivity index (χ4v) is 3.11. The Labute approximate surface area is 132 Å². The van der Waals surface area contributed by atoms with Crippen molar-refractivity contribution < 1.29 is 9.59 Å². The first kappa shape index (κ1) is 13.5. The van der Waals surface area contributed by atoms with Crippen LogP contribution in [0.2, 0.25) is 0 Å². The van der Waals surface area contributed by atoms with Crippen molar-refractivity contribution >= 4 is 28.3 Å². The van der Waals surface area contributed by atoms with Crippen molar-refractivity contribution in [1.29, 1.82) is 0 Å². The summed E-state index contributed by atoms with van der Waals surface area (Å²) in [6.07, 6.45) is 0. The lowest BCUT2D eigenvalue weighted by Crippen LogP contribution is -2.35. The second-order valence-electron chi connectivity index (χ2n) is 5.80. The topological polar surface area (TPSA) is 72.2 Å². The van der Waals surface area contributed by atoms with Crippen LogP contribution in [-0.4, -0.2) is 11.8 Å². The average molecular weight is 302 g/mol. The molecular formula is C19H14N2O2. The summed E-state index contributed by atoms with van der Waals surface area (Å²) in [4.78, 5) is 24.6. The van der Waals surface area contributed by atoms with E-state index in [1.54, 1.807) is 12.1 Å². The van der Waals surface area contributed by atoms with E-state index >= 15 is 0 Å². The van der Waals surface area contributed by atoms with Gasteiger partial charge in [0.25, 0.3) is 11.8 Å². The molecule has 0 atom stereocenters. The van der Waals surface area contributed by atoms with Crippen LogP contribution >= 0.6 is 0 Å². The first-order valence-corrected chi connectivity index (χ1v) is 7.33. The molecule has 4 rings (SSSR count). The molecule has 3 aromatic carbocycles. The number of hydrogen-bond acceptors (Lipinski definition) is 3. The Morgan fingerprint density at radius 3 is 2.35 bits per heavy atom. The van der Waals surface area contributed by atoms with E-state index in [0.29, 0.717) is 22.2 Å². The fourth-order valence-electron chi connectivity index (χ4n) is 3.11. The molecule has 1 aliphatic heterocycles.